The van der Waals surface area contributed by atoms with E-state index in [0.29, 0.717) is 18.0 Å². The molecule has 1 aliphatic carbocycles. The Morgan fingerprint density at radius 1 is 1.19 bits per heavy atom. The van der Waals surface area contributed by atoms with Crippen molar-refractivity contribution in [2.75, 3.05) is 0 Å². The summed E-state index contributed by atoms with van der Waals surface area (Å²) in [6.07, 6.45) is 8.77. The van der Waals surface area contributed by atoms with Crippen molar-refractivity contribution in [1.29, 1.82) is 0 Å². The maximum absolute atomic E-state index is 12.4. The molecule has 112 valence electrons. The zero-order valence-corrected chi connectivity index (χ0v) is 11.7. The van der Waals surface area contributed by atoms with E-state index in [0.717, 1.165) is 38.5 Å². The molecular formula is C14H18N4O3. The van der Waals surface area contributed by atoms with Crippen molar-refractivity contribution < 1.29 is 9.72 Å². The molecule has 2 unspecified atom stereocenters. The first-order valence-corrected chi connectivity index (χ1v) is 7.64. The van der Waals surface area contributed by atoms with E-state index in [4.69, 9.17) is 0 Å². The van der Waals surface area contributed by atoms with Gasteiger partial charge in [-0.05, 0) is 38.5 Å². The molecule has 21 heavy (non-hydrogen) atoms. The molecule has 0 N–H and O–H groups in total. The van der Waals surface area contributed by atoms with E-state index in [1.165, 1.54) is 12.4 Å². The van der Waals surface area contributed by atoms with Gasteiger partial charge in [0.2, 0.25) is 5.91 Å². The average Bonchev–Trinajstić information content (AvgIpc) is 3.13. The van der Waals surface area contributed by atoms with Gasteiger partial charge in [0.25, 0.3) is 0 Å². The summed E-state index contributed by atoms with van der Waals surface area (Å²) in [5.74, 6) is 0.614. The highest BCUT2D eigenvalue weighted by molar-refractivity contribution is 5.82. The van der Waals surface area contributed by atoms with Crippen molar-refractivity contribution in [3.8, 4) is 0 Å². The lowest BCUT2D eigenvalue weighted by molar-refractivity contribution is -0.385. The third-order valence-corrected chi connectivity index (χ3v) is 5.06. The number of nitrogens with zero attached hydrogens (tertiary/aromatic N) is 4. The van der Waals surface area contributed by atoms with Gasteiger partial charge in [0.1, 0.15) is 12.4 Å². The standard InChI is InChI=1S/C14H18N4O3/c19-14(9-1-2-9)17-10-3-4-11(17)6-12(5-10)16-8-13(7-15-16)18(20)21/h7-12H,1-6H2. The molecule has 3 aliphatic rings. The second-order valence-corrected chi connectivity index (χ2v) is 6.47. The normalized spacial score (nSPS) is 31.4. The lowest BCUT2D eigenvalue weighted by Gasteiger charge is -2.39. The summed E-state index contributed by atoms with van der Waals surface area (Å²) in [6, 6.07) is 0.773. The number of fused-ring (bicyclic) bond motifs is 2. The number of piperidine rings is 1. The Bertz CT molecular complexity index is 581. The molecule has 1 saturated carbocycles. The van der Waals surface area contributed by atoms with E-state index in [-0.39, 0.29) is 17.6 Å². The van der Waals surface area contributed by atoms with Crippen LogP contribution in [0.25, 0.3) is 0 Å². The topological polar surface area (TPSA) is 81.3 Å². The van der Waals surface area contributed by atoms with Gasteiger partial charge < -0.3 is 4.90 Å². The van der Waals surface area contributed by atoms with Gasteiger partial charge in [-0.2, -0.15) is 5.10 Å². The molecule has 2 atom stereocenters. The quantitative estimate of drug-likeness (QED) is 0.629. The number of aromatic nitrogens is 2. The number of amides is 1. The second-order valence-electron chi connectivity index (χ2n) is 6.47. The third kappa shape index (κ3) is 2.11. The molecule has 1 amide bonds. The lowest BCUT2D eigenvalue weighted by atomic mass is 9.97. The van der Waals surface area contributed by atoms with Crippen LogP contribution in [0.15, 0.2) is 12.4 Å². The van der Waals surface area contributed by atoms with E-state index in [1.807, 2.05) is 0 Å². The Balaban J connectivity index is 1.51. The summed E-state index contributed by atoms with van der Waals surface area (Å²) in [7, 11) is 0. The van der Waals surface area contributed by atoms with Crippen molar-refractivity contribution in [1.82, 2.24) is 14.7 Å². The van der Waals surface area contributed by atoms with Crippen LogP contribution in [0.1, 0.15) is 44.6 Å². The van der Waals surface area contributed by atoms with Gasteiger partial charge in [-0.25, -0.2) is 0 Å². The summed E-state index contributed by atoms with van der Waals surface area (Å²) in [6.45, 7) is 0. The van der Waals surface area contributed by atoms with Crippen LogP contribution in [0.2, 0.25) is 0 Å². The largest absolute Gasteiger partial charge is 0.336 e. The highest BCUT2D eigenvalue weighted by atomic mass is 16.6. The average molecular weight is 290 g/mol. The summed E-state index contributed by atoms with van der Waals surface area (Å²) >= 11 is 0. The highest BCUT2D eigenvalue weighted by Gasteiger charge is 2.47. The molecule has 3 fully saturated rings. The molecule has 2 bridgehead atoms. The molecule has 3 heterocycles. The van der Waals surface area contributed by atoms with Crippen LogP contribution in [0.5, 0.6) is 0 Å². The Kier molecular flexibility index (Phi) is 2.77. The summed E-state index contributed by atoms with van der Waals surface area (Å²) < 4.78 is 1.72. The van der Waals surface area contributed by atoms with Crippen LogP contribution in [-0.2, 0) is 4.79 Å². The minimum atomic E-state index is -0.413. The van der Waals surface area contributed by atoms with Crippen molar-refractivity contribution in [3.05, 3.63) is 22.5 Å². The fourth-order valence-corrected chi connectivity index (χ4v) is 3.89. The highest BCUT2D eigenvalue weighted by Crippen LogP contribution is 2.44. The summed E-state index contributed by atoms with van der Waals surface area (Å²) in [4.78, 5) is 24.8. The van der Waals surface area contributed by atoms with Gasteiger partial charge in [0, 0.05) is 18.0 Å². The lowest BCUT2D eigenvalue weighted by Crippen LogP contribution is -2.47. The smallest absolute Gasteiger partial charge is 0.307 e. The molecule has 7 heteroatoms. The zero-order valence-electron chi connectivity index (χ0n) is 11.7. The van der Waals surface area contributed by atoms with Gasteiger partial charge in [-0.1, -0.05) is 0 Å². The van der Waals surface area contributed by atoms with Gasteiger partial charge in [0.05, 0.1) is 11.0 Å². The SMILES string of the molecule is O=C(C1CC1)N1C2CCC1CC(n1cc([N+](=O)[O-])cn1)C2. The Morgan fingerprint density at radius 2 is 1.86 bits per heavy atom. The van der Waals surface area contributed by atoms with Crippen molar-refractivity contribution in [3.63, 3.8) is 0 Å². The first kappa shape index (κ1) is 12.8. The van der Waals surface area contributed by atoms with Crippen LogP contribution in [-0.4, -0.2) is 37.6 Å². The van der Waals surface area contributed by atoms with Gasteiger partial charge >= 0.3 is 5.69 Å². The number of rotatable bonds is 3. The zero-order chi connectivity index (χ0) is 14.6. The molecular weight excluding hydrogens is 272 g/mol. The maximum atomic E-state index is 12.4. The number of carbonyl (C=O) groups is 1. The fraction of sp³-hybridized carbons (Fsp3) is 0.714. The third-order valence-electron chi connectivity index (χ3n) is 5.06. The molecule has 0 aromatic carbocycles. The van der Waals surface area contributed by atoms with Gasteiger partial charge in [-0.3, -0.25) is 19.6 Å². The van der Waals surface area contributed by atoms with Crippen LogP contribution >= 0.6 is 0 Å². The Morgan fingerprint density at radius 3 is 2.38 bits per heavy atom. The van der Waals surface area contributed by atoms with Crippen molar-refractivity contribution in [2.45, 2.75) is 56.7 Å². The van der Waals surface area contributed by atoms with E-state index >= 15 is 0 Å². The van der Waals surface area contributed by atoms with E-state index in [1.54, 1.807) is 4.68 Å². The first-order valence-electron chi connectivity index (χ1n) is 7.64. The number of hydrogen-bond donors (Lipinski definition) is 0. The molecule has 0 spiro atoms. The van der Waals surface area contributed by atoms with Gasteiger partial charge in [-0.15, -0.1) is 0 Å². The number of hydrogen-bond acceptors (Lipinski definition) is 4. The van der Waals surface area contributed by atoms with Crippen LogP contribution in [0, 0.1) is 16.0 Å². The van der Waals surface area contributed by atoms with Gasteiger partial charge in [0.15, 0.2) is 0 Å². The number of carbonyl (C=O) groups excluding carboxylic acids is 1. The monoisotopic (exact) mass is 290 g/mol. The molecule has 0 radical (unpaired) electrons. The van der Waals surface area contributed by atoms with Crippen LogP contribution in [0.3, 0.4) is 0 Å². The second kappa shape index (κ2) is 4.54. The van der Waals surface area contributed by atoms with Crippen LogP contribution in [0.4, 0.5) is 5.69 Å². The summed E-state index contributed by atoms with van der Waals surface area (Å²) in [5.41, 5.74) is 0.0406. The van der Waals surface area contributed by atoms with Crippen LogP contribution < -0.4 is 0 Å². The van der Waals surface area contributed by atoms with E-state index in [2.05, 4.69) is 10.00 Å². The minimum absolute atomic E-state index is 0.0406. The molecule has 4 rings (SSSR count). The van der Waals surface area contributed by atoms with Crippen molar-refractivity contribution >= 4 is 11.6 Å². The molecule has 1 aromatic rings. The Hall–Kier alpha value is -1.92. The van der Waals surface area contributed by atoms with E-state index in [9.17, 15) is 14.9 Å². The predicted molar refractivity (Wildman–Crippen MR) is 73.5 cm³/mol. The molecule has 1 aromatic heterocycles. The molecule has 2 saturated heterocycles. The molecule has 7 nitrogen and oxygen atoms in total. The summed E-state index contributed by atoms with van der Waals surface area (Å²) in [5, 5.41) is 14.9. The predicted octanol–water partition coefficient (Wildman–Crippen LogP) is 1.90. The Labute approximate surface area is 122 Å². The fourth-order valence-electron chi connectivity index (χ4n) is 3.89. The van der Waals surface area contributed by atoms with Crippen molar-refractivity contribution in [2.24, 2.45) is 5.92 Å². The minimum Gasteiger partial charge on any atom is -0.336 e. The number of nitro groups is 1. The molecule has 2 aliphatic heterocycles. The maximum Gasteiger partial charge on any atom is 0.307 e. The first-order chi connectivity index (χ1) is 10.1. The van der Waals surface area contributed by atoms with E-state index < -0.39 is 4.92 Å².